The van der Waals surface area contributed by atoms with Gasteiger partial charge in [0.05, 0.1) is 14.2 Å². The van der Waals surface area contributed by atoms with E-state index in [-0.39, 0.29) is 6.61 Å². The van der Waals surface area contributed by atoms with Crippen molar-refractivity contribution in [3.8, 4) is 45.3 Å². The summed E-state index contributed by atoms with van der Waals surface area (Å²) in [5.74, 6) is 1.82. The van der Waals surface area contributed by atoms with Crippen molar-refractivity contribution in [2.45, 2.75) is 6.92 Å². The molecule has 0 aliphatic carbocycles. The van der Waals surface area contributed by atoms with Gasteiger partial charge in [-0.1, -0.05) is 72.8 Å². The highest BCUT2D eigenvalue weighted by Gasteiger charge is 2.09. The molecule has 6 heteroatoms. The van der Waals surface area contributed by atoms with Crippen molar-refractivity contribution in [1.29, 1.82) is 0 Å². The molecule has 0 aromatic heterocycles. The molecule has 0 spiro atoms. The van der Waals surface area contributed by atoms with E-state index in [9.17, 15) is 4.79 Å². The SMILES string of the molecule is COc1ccc(-c2ccc(C(=CCOc3ccc(OCC(=O)O)c(C)c3)c3ccc(-c4ccc(OC)cc4)cc3)cc2)cc1. The fraction of sp³-hybridized carbons (Fsp3) is 0.132. The number of benzene rings is 5. The van der Waals surface area contributed by atoms with Crippen molar-refractivity contribution < 1.29 is 28.8 Å². The van der Waals surface area contributed by atoms with Crippen molar-refractivity contribution in [2.24, 2.45) is 0 Å². The standard InChI is InChI=1S/C38H34O6/c1-26-24-35(20-21-37(26)44-25-38(39)40)43-23-22-36(31-8-4-27(5-9-31)29-12-16-33(41-2)17-13-29)32-10-6-28(7-11-32)30-14-18-34(42-3)19-15-30/h4-22,24H,23,25H2,1-3H3,(H,39,40). The Bertz CT molecular complexity index is 1630. The Kier molecular flexibility index (Phi) is 9.62. The molecule has 0 saturated heterocycles. The van der Waals surface area contributed by atoms with E-state index < -0.39 is 5.97 Å². The van der Waals surface area contributed by atoms with Crippen LogP contribution in [0.4, 0.5) is 0 Å². The highest BCUT2D eigenvalue weighted by Crippen LogP contribution is 2.30. The maximum absolute atomic E-state index is 10.9. The largest absolute Gasteiger partial charge is 0.497 e. The van der Waals surface area contributed by atoms with Gasteiger partial charge < -0.3 is 24.1 Å². The molecule has 0 aliphatic heterocycles. The topological polar surface area (TPSA) is 74.2 Å². The molecule has 5 aromatic rings. The van der Waals surface area contributed by atoms with Crippen molar-refractivity contribution in [3.05, 3.63) is 138 Å². The lowest BCUT2D eigenvalue weighted by Gasteiger charge is -2.13. The third-order valence-electron chi connectivity index (χ3n) is 7.27. The average molecular weight is 587 g/mol. The van der Waals surface area contributed by atoms with E-state index in [1.54, 1.807) is 26.4 Å². The molecule has 6 nitrogen and oxygen atoms in total. The molecule has 222 valence electrons. The van der Waals surface area contributed by atoms with Crippen LogP contribution in [0.1, 0.15) is 16.7 Å². The van der Waals surface area contributed by atoms with Crippen molar-refractivity contribution in [2.75, 3.05) is 27.4 Å². The third kappa shape index (κ3) is 7.47. The maximum atomic E-state index is 10.9. The number of carboxylic acids is 1. The van der Waals surface area contributed by atoms with E-state index in [0.29, 0.717) is 18.1 Å². The van der Waals surface area contributed by atoms with Gasteiger partial charge in [0.2, 0.25) is 0 Å². The molecule has 44 heavy (non-hydrogen) atoms. The van der Waals surface area contributed by atoms with Crippen LogP contribution in [0.5, 0.6) is 23.0 Å². The normalized spacial score (nSPS) is 10.5. The van der Waals surface area contributed by atoms with Gasteiger partial charge in [-0.3, -0.25) is 0 Å². The van der Waals surface area contributed by atoms with E-state index >= 15 is 0 Å². The molecule has 0 radical (unpaired) electrons. The molecule has 0 heterocycles. The van der Waals surface area contributed by atoms with Crippen LogP contribution < -0.4 is 18.9 Å². The first kappa shape index (κ1) is 30.0. The summed E-state index contributed by atoms with van der Waals surface area (Å²) < 4.78 is 22.0. The van der Waals surface area contributed by atoms with Gasteiger partial charge in [0, 0.05) is 0 Å². The molecule has 5 aromatic carbocycles. The van der Waals surface area contributed by atoms with Gasteiger partial charge in [-0.2, -0.15) is 0 Å². The molecule has 0 fully saturated rings. The first-order chi connectivity index (χ1) is 21.4. The van der Waals surface area contributed by atoms with Crippen LogP contribution in [0.15, 0.2) is 121 Å². The summed E-state index contributed by atoms with van der Waals surface area (Å²) in [6.45, 7) is 1.81. The van der Waals surface area contributed by atoms with E-state index in [2.05, 4.69) is 78.9 Å². The van der Waals surface area contributed by atoms with Crippen LogP contribution in [0.2, 0.25) is 0 Å². The predicted molar refractivity (Wildman–Crippen MR) is 174 cm³/mol. The quantitative estimate of drug-likeness (QED) is 0.158. The van der Waals surface area contributed by atoms with Crippen LogP contribution >= 0.6 is 0 Å². The minimum absolute atomic E-state index is 0.338. The second kappa shape index (κ2) is 14.1. The van der Waals surface area contributed by atoms with Crippen LogP contribution in [0.3, 0.4) is 0 Å². The Labute approximate surface area is 257 Å². The fourth-order valence-corrected chi connectivity index (χ4v) is 4.89. The summed E-state index contributed by atoms with van der Waals surface area (Å²) >= 11 is 0. The summed E-state index contributed by atoms with van der Waals surface area (Å²) in [6.07, 6.45) is 2.08. The Balaban J connectivity index is 1.40. The number of methoxy groups -OCH3 is 2. The number of aliphatic carboxylic acids is 1. The van der Waals surface area contributed by atoms with Crippen LogP contribution in [0.25, 0.3) is 27.8 Å². The second-order valence-corrected chi connectivity index (χ2v) is 10.2. The maximum Gasteiger partial charge on any atom is 0.341 e. The van der Waals surface area contributed by atoms with Gasteiger partial charge in [0.25, 0.3) is 0 Å². The Hall–Kier alpha value is -5.49. The Morgan fingerprint density at radius 2 is 1.05 bits per heavy atom. The summed E-state index contributed by atoms with van der Waals surface area (Å²) in [4.78, 5) is 10.9. The average Bonchev–Trinajstić information content (AvgIpc) is 3.06. The van der Waals surface area contributed by atoms with E-state index in [0.717, 1.165) is 56.0 Å². The number of ether oxygens (including phenoxy) is 4. The molecule has 5 rings (SSSR count). The Morgan fingerprint density at radius 1 is 0.614 bits per heavy atom. The number of carbonyl (C=O) groups is 1. The number of rotatable bonds is 12. The van der Waals surface area contributed by atoms with Gasteiger partial charge in [0.15, 0.2) is 6.61 Å². The third-order valence-corrected chi connectivity index (χ3v) is 7.27. The fourth-order valence-electron chi connectivity index (χ4n) is 4.89. The summed E-state index contributed by atoms with van der Waals surface area (Å²) in [5, 5.41) is 8.90. The van der Waals surface area contributed by atoms with E-state index in [4.69, 9.17) is 24.1 Å². The highest BCUT2D eigenvalue weighted by atomic mass is 16.5. The van der Waals surface area contributed by atoms with Gasteiger partial charge in [-0.15, -0.1) is 0 Å². The monoisotopic (exact) mass is 586 g/mol. The number of aryl methyl sites for hydroxylation is 1. The van der Waals surface area contributed by atoms with Crippen molar-refractivity contribution in [1.82, 2.24) is 0 Å². The lowest BCUT2D eigenvalue weighted by molar-refractivity contribution is -0.139. The molecular formula is C38H34O6. The summed E-state index contributed by atoms with van der Waals surface area (Å²) in [7, 11) is 3.33. The highest BCUT2D eigenvalue weighted by molar-refractivity contribution is 5.82. The zero-order valence-electron chi connectivity index (χ0n) is 24.9. The molecule has 0 amide bonds. The van der Waals surface area contributed by atoms with E-state index in [1.165, 1.54) is 0 Å². The minimum atomic E-state index is -1.02. The molecule has 0 unspecified atom stereocenters. The smallest absolute Gasteiger partial charge is 0.341 e. The number of hydrogen-bond acceptors (Lipinski definition) is 5. The van der Waals surface area contributed by atoms with Crippen LogP contribution in [0, 0.1) is 6.92 Å². The lowest BCUT2D eigenvalue weighted by atomic mass is 9.94. The number of carboxylic acid groups (broad SMARTS) is 1. The lowest BCUT2D eigenvalue weighted by Crippen LogP contribution is -2.10. The summed E-state index contributed by atoms with van der Waals surface area (Å²) in [5.41, 5.74) is 8.43. The predicted octanol–water partition coefficient (Wildman–Crippen LogP) is 8.32. The van der Waals surface area contributed by atoms with Gasteiger partial charge in [-0.05, 0) is 100.0 Å². The van der Waals surface area contributed by atoms with Crippen LogP contribution in [-0.2, 0) is 4.79 Å². The van der Waals surface area contributed by atoms with Gasteiger partial charge in [0.1, 0.15) is 29.6 Å². The van der Waals surface area contributed by atoms with Crippen molar-refractivity contribution in [3.63, 3.8) is 0 Å². The first-order valence-corrected chi connectivity index (χ1v) is 14.2. The van der Waals surface area contributed by atoms with E-state index in [1.807, 2.05) is 37.3 Å². The molecule has 1 N–H and O–H groups in total. The first-order valence-electron chi connectivity index (χ1n) is 14.2. The van der Waals surface area contributed by atoms with Crippen molar-refractivity contribution >= 4 is 11.5 Å². The van der Waals surface area contributed by atoms with Crippen LogP contribution in [-0.4, -0.2) is 38.5 Å². The second-order valence-electron chi connectivity index (χ2n) is 10.2. The number of hydrogen-bond donors (Lipinski definition) is 1. The molecule has 0 aliphatic rings. The van der Waals surface area contributed by atoms with Gasteiger partial charge >= 0.3 is 5.97 Å². The summed E-state index contributed by atoms with van der Waals surface area (Å²) in [6, 6.07) is 38.4. The molecular weight excluding hydrogens is 552 g/mol. The molecule has 0 bridgehead atoms. The zero-order chi connectivity index (χ0) is 30.9. The minimum Gasteiger partial charge on any atom is -0.497 e. The Morgan fingerprint density at radius 3 is 1.45 bits per heavy atom. The molecule has 0 saturated carbocycles. The zero-order valence-corrected chi connectivity index (χ0v) is 24.9. The van der Waals surface area contributed by atoms with Gasteiger partial charge in [-0.25, -0.2) is 4.79 Å². The molecule has 0 atom stereocenters.